The maximum Gasteiger partial charge on any atom is 0.261 e. The number of carbonyl (C=O) groups is 2. The van der Waals surface area contributed by atoms with Gasteiger partial charge in [-0.05, 0) is 24.3 Å². The molecule has 2 aliphatic heterocycles. The Morgan fingerprint density at radius 3 is 3.00 bits per heavy atom. The topological polar surface area (TPSA) is 80.8 Å². The lowest BCUT2D eigenvalue weighted by molar-refractivity contribution is -0.122. The van der Waals surface area contributed by atoms with Crippen LogP contribution in [0.3, 0.4) is 0 Å². The van der Waals surface area contributed by atoms with Gasteiger partial charge in [-0.3, -0.25) is 14.5 Å². The number of fused-ring (bicyclic) bond motifs is 2. The smallest absolute Gasteiger partial charge is 0.261 e. The van der Waals surface area contributed by atoms with Crippen LogP contribution in [0, 0.1) is 0 Å². The number of anilines is 1. The zero-order valence-electron chi connectivity index (χ0n) is 14.6. The van der Waals surface area contributed by atoms with Gasteiger partial charge in [-0.25, -0.2) is 4.98 Å². The average molecular weight is 385 g/mol. The van der Waals surface area contributed by atoms with Crippen molar-refractivity contribution in [3.8, 4) is 0 Å². The number of hydrogen-bond acceptors (Lipinski definition) is 6. The van der Waals surface area contributed by atoms with E-state index in [-0.39, 0.29) is 24.5 Å². The Kier molecular flexibility index (Phi) is 5.38. The number of amides is 2. The number of rotatable bonds is 4. The molecule has 1 aromatic carbocycles. The number of aromatic nitrogens is 1. The first-order valence-electron chi connectivity index (χ1n) is 8.72. The van der Waals surface area contributed by atoms with Crippen molar-refractivity contribution in [3.63, 3.8) is 0 Å². The van der Waals surface area contributed by atoms with E-state index in [0.717, 1.165) is 4.90 Å². The Labute approximate surface area is 161 Å². The Hall–Kier alpha value is -2.42. The largest absolute Gasteiger partial charge is 0.376 e. The molecule has 2 aliphatic rings. The molecule has 1 atom stereocenters. The van der Waals surface area contributed by atoms with Crippen LogP contribution in [0.1, 0.15) is 10.4 Å². The molecule has 3 heterocycles. The molecule has 1 saturated heterocycles. The highest BCUT2D eigenvalue weighted by Gasteiger charge is 2.29. The van der Waals surface area contributed by atoms with Gasteiger partial charge in [0, 0.05) is 17.6 Å². The summed E-state index contributed by atoms with van der Waals surface area (Å²) in [5.74, 6) is -0.479. The third-order valence-electron chi connectivity index (χ3n) is 4.32. The van der Waals surface area contributed by atoms with E-state index in [1.165, 1.54) is 16.7 Å². The predicted molar refractivity (Wildman–Crippen MR) is 100 cm³/mol. The van der Waals surface area contributed by atoms with Crippen LogP contribution in [0.15, 0.2) is 52.5 Å². The highest BCUT2D eigenvalue weighted by atomic mass is 32.2. The molecule has 4 rings (SSSR count). The van der Waals surface area contributed by atoms with Gasteiger partial charge in [0.15, 0.2) is 0 Å². The van der Waals surface area contributed by atoms with Crippen LogP contribution in [0.5, 0.6) is 0 Å². The average Bonchev–Trinajstić information content (AvgIpc) is 2.82. The normalized spacial score (nSPS) is 19.0. The first-order valence-corrected chi connectivity index (χ1v) is 9.54. The highest BCUT2D eigenvalue weighted by molar-refractivity contribution is 7.99. The molecule has 1 aromatic heterocycles. The van der Waals surface area contributed by atoms with Crippen LogP contribution in [0.25, 0.3) is 0 Å². The van der Waals surface area contributed by atoms with Crippen LogP contribution in [0.2, 0.25) is 0 Å². The summed E-state index contributed by atoms with van der Waals surface area (Å²) in [5.41, 5.74) is 1.20. The van der Waals surface area contributed by atoms with Crippen molar-refractivity contribution in [2.75, 3.05) is 37.8 Å². The van der Waals surface area contributed by atoms with Crippen LogP contribution < -0.4 is 10.2 Å². The maximum absolute atomic E-state index is 13.1. The van der Waals surface area contributed by atoms with Crippen molar-refractivity contribution >= 4 is 29.3 Å². The van der Waals surface area contributed by atoms with Crippen LogP contribution in [-0.4, -0.2) is 55.8 Å². The van der Waals surface area contributed by atoms with Gasteiger partial charge in [0.25, 0.3) is 5.91 Å². The minimum Gasteiger partial charge on any atom is -0.376 e. The summed E-state index contributed by atoms with van der Waals surface area (Å²) in [5, 5.41) is 3.48. The van der Waals surface area contributed by atoms with Gasteiger partial charge in [0.2, 0.25) is 5.91 Å². The molecule has 1 unspecified atom stereocenters. The lowest BCUT2D eigenvalue weighted by atomic mass is 10.2. The fourth-order valence-corrected chi connectivity index (χ4v) is 4.02. The van der Waals surface area contributed by atoms with Crippen molar-refractivity contribution in [1.29, 1.82) is 0 Å². The van der Waals surface area contributed by atoms with Crippen molar-refractivity contribution in [2.24, 2.45) is 0 Å². The van der Waals surface area contributed by atoms with Gasteiger partial charge in [-0.15, -0.1) is 0 Å². The van der Waals surface area contributed by atoms with Gasteiger partial charge in [0.1, 0.15) is 11.6 Å². The van der Waals surface area contributed by atoms with Crippen LogP contribution in [-0.2, 0) is 14.3 Å². The molecule has 0 saturated carbocycles. The summed E-state index contributed by atoms with van der Waals surface area (Å²) in [6.45, 7) is 1.85. The van der Waals surface area contributed by atoms with E-state index in [9.17, 15) is 9.59 Å². The van der Waals surface area contributed by atoms with Crippen molar-refractivity contribution in [1.82, 2.24) is 10.3 Å². The summed E-state index contributed by atoms with van der Waals surface area (Å²) in [4.78, 5) is 32.3. The first-order chi connectivity index (χ1) is 13.2. The van der Waals surface area contributed by atoms with E-state index >= 15 is 0 Å². The quantitative estimate of drug-likeness (QED) is 0.863. The molecule has 2 amide bonds. The van der Waals surface area contributed by atoms with E-state index in [1.54, 1.807) is 18.3 Å². The molecule has 1 fully saturated rings. The first kappa shape index (κ1) is 18.0. The number of nitrogens with one attached hydrogen (secondary N) is 1. The third kappa shape index (κ3) is 3.97. The second-order valence-corrected chi connectivity index (χ2v) is 7.22. The lowest BCUT2D eigenvalue weighted by Gasteiger charge is -2.25. The number of carbonyl (C=O) groups excluding carboxylic acids is 2. The molecule has 7 nitrogen and oxygen atoms in total. The number of ether oxygens (including phenoxy) is 2. The van der Waals surface area contributed by atoms with Gasteiger partial charge in [0.05, 0.1) is 37.2 Å². The Balaban J connectivity index is 1.53. The monoisotopic (exact) mass is 385 g/mol. The second kappa shape index (κ2) is 8.08. The Morgan fingerprint density at radius 2 is 2.15 bits per heavy atom. The number of nitrogens with zero attached hydrogens (tertiary/aromatic N) is 2. The van der Waals surface area contributed by atoms with Gasteiger partial charge >= 0.3 is 0 Å². The van der Waals surface area contributed by atoms with Gasteiger partial charge in [-0.1, -0.05) is 23.9 Å². The summed E-state index contributed by atoms with van der Waals surface area (Å²) < 4.78 is 10.9. The zero-order valence-corrected chi connectivity index (χ0v) is 15.4. The number of para-hydroxylation sites is 1. The molecule has 140 valence electrons. The van der Waals surface area contributed by atoms with E-state index in [1.807, 2.05) is 24.3 Å². The summed E-state index contributed by atoms with van der Waals surface area (Å²) >= 11 is 1.43. The van der Waals surface area contributed by atoms with Crippen molar-refractivity contribution < 1.29 is 19.1 Å². The van der Waals surface area contributed by atoms with E-state index in [4.69, 9.17) is 9.47 Å². The highest BCUT2D eigenvalue weighted by Crippen LogP contribution is 2.39. The molecule has 0 bridgehead atoms. The van der Waals surface area contributed by atoms with Crippen LogP contribution in [0.4, 0.5) is 5.69 Å². The summed E-state index contributed by atoms with van der Waals surface area (Å²) in [6, 6.07) is 11.0. The Morgan fingerprint density at radius 1 is 1.26 bits per heavy atom. The Bertz CT molecular complexity index is 854. The molecule has 0 radical (unpaired) electrons. The van der Waals surface area contributed by atoms with E-state index in [0.29, 0.717) is 42.6 Å². The standard InChI is InChI=1S/C19H19N3O4S/c23-17(21-10-13-12-25-8-9-26-13)11-22-15-5-1-2-6-16(15)27-18-14(19(22)24)4-3-7-20-18/h1-7,13H,8-12H2,(H,21,23). The van der Waals surface area contributed by atoms with Crippen molar-refractivity contribution in [2.45, 2.75) is 16.0 Å². The minimum absolute atomic E-state index is 0.0711. The summed E-state index contributed by atoms with van der Waals surface area (Å²) in [7, 11) is 0. The molecule has 27 heavy (non-hydrogen) atoms. The maximum atomic E-state index is 13.1. The third-order valence-corrected chi connectivity index (χ3v) is 5.41. The SMILES string of the molecule is O=C(CN1C(=O)c2cccnc2Sc2ccccc21)NCC1COCCO1. The van der Waals surface area contributed by atoms with Crippen LogP contribution >= 0.6 is 11.8 Å². The van der Waals surface area contributed by atoms with E-state index in [2.05, 4.69) is 10.3 Å². The van der Waals surface area contributed by atoms with Gasteiger partial charge in [-0.2, -0.15) is 0 Å². The fourth-order valence-electron chi connectivity index (χ4n) is 3.00. The number of pyridine rings is 1. The van der Waals surface area contributed by atoms with Crippen molar-refractivity contribution in [3.05, 3.63) is 48.2 Å². The number of hydrogen-bond donors (Lipinski definition) is 1. The fraction of sp³-hybridized carbons (Fsp3) is 0.316. The molecule has 0 spiro atoms. The second-order valence-electron chi connectivity index (χ2n) is 6.19. The predicted octanol–water partition coefficient (Wildman–Crippen LogP) is 1.72. The lowest BCUT2D eigenvalue weighted by Crippen LogP contribution is -2.45. The molecule has 2 aromatic rings. The van der Waals surface area contributed by atoms with Gasteiger partial charge < -0.3 is 14.8 Å². The van der Waals surface area contributed by atoms with E-state index < -0.39 is 0 Å². The molecular formula is C19H19N3O4S. The molecule has 8 heteroatoms. The zero-order chi connectivity index (χ0) is 18.6. The summed E-state index contributed by atoms with van der Waals surface area (Å²) in [6.07, 6.45) is 1.51. The molecule has 0 aliphatic carbocycles. The minimum atomic E-state index is -0.246. The molecular weight excluding hydrogens is 366 g/mol. The number of benzene rings is 1. The molecule has 1 N–H and O–H groups in total.